The summed E-state index contributed by atoms with van der Waals surface area (Å²) in [4.78, 5) is 2.53. The zero-order valence-corrected chi connectivity index (χ0v) is 11.0. The molecule has 0 fully saturated rings. The molecule has 0 radical (unpaired) electrons. The van der Waals surface area contributed by atoms with Gasteiger partial charge >= 0.3 is 0 Å². The van der Waals surface area contributed by atoms with Gasteiger partial charge in [-0.25, -0.2) is 4.39 Å². The minimum atomic E-state index is -0.306. The summed E-state index contributed by atoms with van der Waals surface area (Å²) in [6.07, 6.45) is 0. The van der Waals surface area contributed by atoms with Gasteiger partial charge in [-0.1, -0.05) is 23.1 Å². The van der Waals surface area contributed by atoms with Crippen LogP contribution in [0.5, 0.6) is 0 Å². The first-order valence-electron chi connectivity index (χ1n) is 4.80. The van der Waals surface area contributed by atoms with E-state index in [-0.39, 0.29) is 5.82 Å². The normalized spacial score (nSPS) is 10.5. The van der Waals surface area contributed by atoms with Crippen molar-refractivity contribution in [2.24, 2.45) is 0 Å². The molecule has 7 heteroatoms. The summed E-state index contributed by atoms with van der Waals surface area (Å²) in [7, 11) is 3.79. The van der Waals surface area contributed by atoms with Gasteiger partial charge in [0.2, 0.25) is 5.13 Å². The lowest BCUT2D eigenvalue weighted by Crippen LogP contribution is -2.07. The summed E-state index contributed by atoms with van der Waals surface area (Å²) < 4.78 is 13.8. The average molecular weight is 270 g/mol. The lowest BCUT2D eigenvalue weighted by atomic mass is 10.3. The van der Waals surface area contributed by atoms with Crippen molar-refractivity contribution in [3.63, 3.8) is 0 Å². The lowest BCUT2D eigenvalue weighted by Gasteiger charge is -2.04. The fourth-order valence-electron chi connectivity index (χ4n) is 1.12. The molecular formula is C10H11FN4S2. The van der Waals surface area contributed by atoms with Gasteiger partial charge in [-0.15, -0.1) is 10.2 Å². The number of hydrogen-bond donors (Lipinski definition) is 1. The molecule has 0 amide bonds. The molecule has 1 heterocycles. The summed E-state index contributed by atoms with van der Waals surface area (Å²) in [6.45, 7) is 0. The second kappa shape index (κ2) is 4.89. The Bertz CT molecular complexity index is 527. The number of nitrogens with two attached hydrogens (primary N) is 1. The molecule has 0 saturated heterocycles. The number of nitrogen functional groups attached to an aromatic ring is 1. The second-order valence-electron chi connectivity index (χ2n) is 3.53. The van der Waals surface area contributed by atoms with Crippen molar-refractivity contribution in [3.05, 3.63) is 24.0 Å². The predicted octanol–water partition coefficient (Wildman–Crippen LogP) is 2.48. The van der Waals surface area contributed by atoms with Gasteiger partial charge in [0.1, 0.15) is 5.82 Å². The van der Waals surface area contributed by atoms with Gasteiger partial charge in [0, 0.05) is 24.7 Å². The largest absolute Gasteiger partial charge is 0.398 e. The van der Waals surface area contributed by atoms with Crippen molar-refractivity contribution in [1.82, 2.24) is 10.2 Å². The number of hydrogen-bond acceptors (Lipinski definition) is 6. The van der Waals surface area contributed by atoms with Crippen molar-refractivity contribution in [2.75, 3.05) is 24.7 Å². The molecule has 17 heavy (non-hydrogen) atoms. The molecule has 0 aliphatic heterocycles. The second-order valence-corrected chi connectivity index (χ2v) is 5.77. The first-order valence-corrected chi connectivity index (χ1v) is 6.43. The average Bonchev–Trinajstić information content (AvgIpc) is 2.72. The molecule has 0 aliphatic carbocycles. The van der Waals surface area contributed by atoms with Crippen LogP contribution in [-0.2, 0) is 0 Å². The molecule has 1 aromatic heterocycles. The molecule has 2 rings (SSSR count). The van der Waals surface area contributed by atoms with E-state index in [0.717, 1.165) is 9.47 Å². The Morgan fingerprint density at radius 3 is 2.76 bits per heavy atom. The molecule has 0 aliphatic rings. The maximum absolute atomic E-state index is 13.1. The van der Waals surface area contributed by atoms with E-state index >= 15 is 0 Å². The summed E-state index contributed by atoms with van der Waals surface area (Å²) in [5.74, 6) is -0.306. The third kappa shape index (κ3) is 2.86. The lowest BCUT2D eigenvalue weighted by molar-refractivity contribution is 0.624. The van der Waals surface area contributed by atoms with Crippen LogP contribution in [0.2, 0.25) is 0 Å². The van der Waals surface area contributed by atoms with E-state index in [2.05, 4.69) is 10.2 Å². The van der Waals surface area contributed by atoms with Crippen LogP contribution in [0.3, 0.4) is 0 Å². The Labute approximate surface area is 107 Å². The topological polar surface area (TPSA) is 55.0 Å². The first kappa shape index (κ1) is 12.1. The quantitative estimate of drug-likeness (QED) is 0.868. The maximum atomic E-state index is 13.1. The number of anilines is 2. The highest BCUT2D eigenvalue weighted by Gasteiger charge is 2.09. The molecule has 0 unspecified atom stereocenters. The zero-order chi connectivity index (χ0) is 12.4. The highest BCUT2D eigenvalue weighted by atomic mass is 32.2. The minimum absolute atomic E-state index is 0.306. The maximum Gasteiger partial charge on any atom is 0.208 e. The van der Waals surface area contributed by atoms with E-state index in [9.17, 15) is 4.39 Å². The van der Waals surface area contributed by atoms with Gasteiger partial charge in [0.25, 0.3) is 0 Å². The molecule has 90 valence electrons. The molecule has 0 atom stereocenters. The van der Waals surface area contributed by atoms with Crippen molar-refractivity contribution in [2.45, 2.75) is 9.24 Å². The van der Waals surface area contributed by atoms with E-state index in [1.54, 1.807) is 6.07 Å². The standard InChI is InChI=1S/C10H11FN4S2/c1-15(2)9-13-14-10(17-9)16-8-5-6(11)3-4-7(8)12/h3-5H,12H2,1-2H3. The van der Waals surface area contributed by atoms with Gasteiger partial charge in [0.15, 0.2) is 4.34 Å². The molecule has 0 saturated carbocycles. The molecular weight excluding hydrogens is 259 g/mol. The van der Waals surface area contributed by atoms with Crippen LogP contribution >= 0.6 is 23.1 Å². The van der Waals surface area contributed by atoms with Crippen molar-refractivity contribution >= 4 is 33.9 Å². The number of benzene rings is 1. The monoisotopic (exact) mass is 270 g/mol. The van der Waals surface area contributed by atoms with Crippen molar-refractivity contribution in [1.29, 1.82) is 0 Å². The Morgan fingerprint density at radius 1 is 1.35 bits per heavy atom. The van der Waals surface area contributed by atoms with Crippen molar-refractivity contribution < 1.29 is 4.39 Å². The molecule has 2 N–H and O–H groups in total. The van der Waals surface area contributed by atoms with Gasteiger partial charge in [-0.05, 0) is 18.2 Å². The molecule has 1 aromatic carbocycles. The van der Waals surface area contributed by atoms with E-state index < -0.39 is 0 Å². The van der Waals surface area contributed by atoms with Crippen LogP contribution in [-0.4, -0.2) is 24.3 Å². The van der Waals surface area contributed by atoms with Gasteiger partial charge in [0.05, 0.1) is 0 Å². The molecule has 2 aromatic rings. The van der Waals surface area contributed by atoms with E-state index in [4.69, 9.17) is 5.73 Å². The molecule has 4 nitrogen and oxygen atoms in total. The highest BCUT2D eigenvalue weighted by Crippen LogP contribution is 2.35. The van der Waals surface area contributed by atoms with Crippen LogP contribution in [0.15, 0.2) is 27.4 Å². The molecule has 0 bridgehead atoms. The Balaban J connectivity index is 2.22. The van der Waals surface area contributed by atoms with Crippen LogP contribution in [0.25, 0.3) is 0 Å². The Kier molecular flexibility index (Phi) is 3.49. The first-order chi connectivity index (χ1) is 8.06. The highest BCUT2D eigenvalue weighted by molar-refractivity contribution is 8.01. The summed E-state index contributed by atoms with van der Waals surface area (Å²) in [5, 5.41) is 8.83. The van der Waals surface area contributed by atoms with Crippen LogP contribution in [0.4, 0.5) is 15.2 Å². The van der Waals surface area contributed by atoms with E-state index in [0.29, 0.717) is 10.6 Å². The molecule has 0 spiro atoms. The third-order valence-electron chi connectivity index (χ3n) is 1.95. The summed E-state index contributed by atoms with van der Waals surface area (Å²) in [5.41, 5.74) is 6.30. The fourth-order valence-corrected chi connectivity index (χ4v) is 2.90. The zero-order valence-electron chi connectivity index (χ0n) is 9.35. The van der Waals surface area contributed by atoms with Crippen LogP contribution in [0, 0.1) is 5.82 Å². The number of halogens is 1. The Hall–Kier alpha value is -1.34. The van der Waals surface area contributed by atoms with E-state index in [1.165, 1.54) is 35.2 Å². The van der Waals surface area contributed by atoms with Crippen LogP contribution < -0.4 is 10.6 Å². The predicted molar refractivity (Wildman–Crippen MR) is 69.2 cm³/mol. The number of aromatic nitrogens is 2. The van der Waals surface area contributed by atoms with Gasteiger partial charge in [-0.3, -0.25) is 0 Å². The summed E-state index contributed by atoms with van der Waals surface area (Å²) in [6, 6.07) is 4.28. The third-order valence-corrected chi connectivity index (χ3v) is 4.17. The number of rotatable bonds is 3. The smallest absolute Gasteiger partial charge is 0.208 e. The van der Waals surface area contributed by atoms with Gasteiger partial charge < -0.3 is 10.6 Å². The SMILES string of the molecule is CN(C)c1nnc(Sc2cc(F)ccc2N)s1. The number of nitrogens with zero attached hydrogens (tertiary/aromatic N) is 3. The minimum Gasteiger partial charge on any atom is -0.398 e. The fraction of sp³-hybridized carbons (Fsp3) is 0.200. The Morgan fingerprint density at radius 2 is 2.12 bits per heavy atom. The summed E-state index contributed by atoms with van der Waals surface area (Å²) >= 11 is 2.76. The van der Waals surface area contributed by atoms with Crippen LogP contribution in [0.1, 0.15) is 0 Å². The van der Waals surface area contributed by atoms with E-state index in [1.807, 2.05) is 19.0 Å². The van der Waals surface area contributed by atoms with Crippen molar-refractivity contribution in [3.8, 4) is 0 Å². The van der Waals surface area contributed by atoms with Gasteiger partial charge in [-0.2, -0.15) is 0 Å².